The van der Waals surface area contributed by atoms with Gasteiger partial charge in [0, 0.05) is 12.5 Å². The van der Waals surface area contributed by atoms with Crippen molar-refractivity contribution in [2.24, 2.45) is 5.92 Å². The van der Waals surface area contributed by atoms with E-state index in [1.165, 1.54) is 0 Å². The highest BCUT2D eigenvalue weighted by molar-refractivity contribution is 6.28. The van der Waals surface area contributed by atoms with E-state index in [1.807, 2.05) is 0 Å². The van der Waals surface area contributed by atoms with E-state index >= 15 is 0 Å². The molecule has 0 aromatic carbocycles. The molecular formula is C10H13ClO3. The SMILES string of the molecule is OC(c1ccc(Cl)o1)C1CCCOC1. The molecule has 0 amide bonds. The minimum Gasteiger partial charge on any atom is -0.447 e. The minimum absolute atomic E-state index is 0.131. The van der Waals surface area contributed by atoms with Crippen molar-refractivity contribution in [2.45, 2.75) is 18.9 Å². The maximum absolute atomic E-state index is 9.93. The Balaban J connectivity index is 2.03. The molecule has 2 heterocycles. The zero-order chi connectivity index (χ0) is 9.97. The van der Waals surface area contributed by atoms with E-state index < -0.39 is 6.10 Å². The van der Waals surface area contributed by atoms with Gasteiger partial charge in [0.2, 0.25) is 0 Å². The van der Waals surface area contributed by atoms with Crippen LogP contribution >= 0.6 is 11.6 Å². The Morgan fingerprint density at radius 2 is 2.36 bits per heavy atom. The molecular weight excluding hydrogens is 204 g/mol. The molecule has 14 heavy (non-hydrogen) atoms. The molecule has 2 atom stereocenters. The summed E-state index contributed by atoms with van der Waals surface area (Å²) in [5.41, 5.74) is 0. The van der Waals surface area contributed by atoms with Gasteiger partial charge < -0.3 is 14.3 Å². The maximum Gasteiger partial charge on any atom is 0.193 e. The van der Waals surface area contributed by atoms with Crippen molar-refractivity contribution in [3.8, 4) is 0 Å². The van der Waals surface area contributed by atoms with Crippen LogP contribution in [0, 0.1) is 5.92 Å². The first-order valence-corrected chi connectivity index (χ1v) is 5.16. The van der Waals surface area contributed by atoms with Crippen molar-refractivity contribution >= 4 is 11.6 Å². The minimum atomic E-state index is -0.595. The molecule has 4 heteroatoms. The molecule has 1 aliphatic heterocycles. The predicted molar refractivity (Wildman–Crippen MR) is 52.2 cm³/mol. The smallest absolute Gasteiger partial charge is 0.193 e. The molecule has 1 N–H and O–H groups in total. The Morgan fingerprint density at radius 3 is 2.93 bits per heavy atom. The molecule has 0 saturated carbocycles. The van der Waals surface area contributed by atoms with Gasteiger partial charge >= 0.3 is 0 Å². The average Bonchev–Trinajstić information content (AvgIpc) is 2.65. The van der Waals surface area contributed by atoms with Gasteiger partial charge in [0.25, 0.3) is 0 Å². The van der Waals surface area contributed by atoms with Crippen LogP contribution in [-0.2, 0) is 4.74 Å². The third kappa shape index (κ3) is 2.11. The molecule has 0 bridgehead atoms. The average molecular weight is 217 g/mol. The summed E-state index contributed by atoms with van der Waals surface area (Å²) in [6.45, 7) is 1.39. The number of ether oxygens (including phenoxy) is 1. The molecule has 0 radical (unpaired) electrons. The molecule has 0 aliphatic carbocycles. The first-order chi connectivity index (χ1) is 6.77. The molecule has 2 unspecified atom stereocenters. The van der Waals surface area contributed by atoms with Crippen LogP contribution in [0.1, 0.15) is 24.7 Å². The Hall–Kier alpha value is -0.510. The van der Waals surface area contributed by atoms with Gasteiger partial charge in [0.15, 0.2) is 5.22 Å². The molecule has 3 nitrogen and oxygen atoms in total. The van der Waals surface area contributed by atoms with Crippen molar-refractivity contribution in [1.29, 1.82) is 0 Å². The van der Waals surface area contributed by atoms with Crippen LogP contribution in [0.25, 0.3) is 0 Å². The third-order valence-electron chi connectivity index (χ3n) is 2.53. The topological polar surface area (TPSA) is 42.6 Å². The van der Waals surface area contributed by atoms with Crippen LogP contribution in [0.5, 0.6) is 0 Å². The number of hydrogen-bond acceptors (Lipinski definition) is 3. The normalized spacial score (nSPS) is 24.9. The van der Waals surface area contributed by atoms with Crippen LogP contribution in [0.15, 0.2) is 16.5 Å². The summed E-state index contributed by atoms with van der Waals surface area (Å²) in [4.78, 5) is 0. The van der Waals surface area contributed by atoms with Crippen LogP contribution in [0.2, 0.25) is 5.22 Å². The van der Waals surface area contributed by atoms with Gasteiger partial charge in [-0.3, -0.25) is 0 Å². The van der Waals surface area contributed by atoms with Gasteiger partial charge in [-0.05, 0) is 36.6 Å². The van der Waals surface area contributed by atoms with Crippen LogP contribution in [-0.4, -0.2) is 18.3 Å². The van der Waals surface area contributed by atoms with E-state index in [9.17, 15) is 5.11 Å². The standard InChI is InChI=1S/C10H13ClO3/c11-9-4-3-8(14-9)10(12)7-2-1-5-13-6-7/h3-4,7,10,12H,1-2,5-6H2. The van der Waals surface area contributed by atoms with E-state index in [4.69, 9.17) is 20.8 Å². The number of aliphatic hydroxyl groups excluding tert-OH is 1. The van der Waals surface area contributed by atoms with Crippen LogP contribution in [0.4, 0.5) is 0 Å². The second-order valence-electron chi connectivity index (χ2n) is 3.56. The summed E-state index contributed by atoms with van der Waals surface area (Å²) in [6, 6.07) is 3.35. The van der Waals surface area contributed by atoms with E-state index in [0.29, 0.717) is 17.6 Å². The summed E-state index contributed by atoms with van der Waals surface area (Å²) in [5.74, 6) is 0.663. The molecule has 0 spiro atoms. The fourth-order valence-electron chi connectivity index (χ4n) is 1.73. The quantitative estimate of drug-likeness (QED) is 0.826. The van der Waals surface area contributed by atoms with Gasteiger partial charge in [-0.2, -0.15) is 0 Å². The second kappa shape index (κ2) is 4.34. The number of hydrogen-bond donors (Lipinski definition) is 1. The summed E-state index contributed by atoms with van der Waals surface area (Å²) in [7, 11) is 0. The Morgan fingerprint density at radius 1 is 1.50 bits per heavy atom. The second-order valence-corrected chi connectivity index (χ2v) is 3.94. The molecule has 1 saturated heterocycles. The van der Waals surface area contributed by atoms with Gasteiger partial charge in [0.1, 0.15) is 11.9 Å². The lowest BCUT2D eigenvalue weighted by atomic mass is 9.94. The van der Waals surface area contributed by atoms with Gasteiger partial charge in [-0.25, -0.2) is 0 Å². The summed E-state index contributed by atoms with van der Waals surface area (Å²) in [5, 5.41) is 10.2. The number of aliphatic hydroxyl groups is 1. The molecule has 2 rings (SSSR count). The molecule has 1 aliphatic rings. The lowest BCUT2D eigenvalue weighted by molar-refractivity contribution is -0.0178. The largest absolute Gasteiger partial charge is 0.447 e. The van der Waals surface area contributed by atoms with E-state index in [1.54, 1.807) is 12.1 Å². The highest BCUT2D eigenvalue weighted by Crippen LogP contribution is 2.30. The Labute approximate surface area is 87.6 Å². The first kappa shape index (κ1) is 10.0. The van der Waals surface area contributed by atoms with Crippen molar-refractivity contribution in [3.05, 3.63) is 23.1 Å². The molecule has 1 aromatic rings. The lowest BCUT2D eigenvalue weighted by Crippen LogP contribution is -2.23. The molecule has 1 fully saturated rings. The summed E-state index contributed by atoms with van der Waals surface area (Å²) < 4.78 is 10.5. The van der Waals surface area contributed by atoms with E-state index in [0.717, 1.165) is 19.4 Å². The van der Waals surface area contributed by atoms with E-state index in [2.05, 4.69) is 0 Å². The number of halogens is 1. The maximum atomic E-state index is 9.93. The van der Waals surface area contributed by atoms with Crippen molar-refractivity contribution in [2.75, 3.05) is 13.2 Å². The lowest BCUT2D eigenvalue weighted by Gasteiger charge is -2.25. The van der Waals surface area contributed by atoms with Gasteiger partial charge in [-0.1, -0.05) is 0 Å². The predicted octanol–water partition coefficient (Wildman–Crippen LogP) is 2.39. The van der Waals surface area contributed by atoms with Crippen LogP contribution < -0.4 is 0 Å². The Bertz CT molecular complexity index is 291. The van der Waals surface area contributed by atoms with Crippen LogP contribution in [0.3, 0.4) is 0 Å². The van der Waals surface area contributed by atoms with E-state index in [-0.39, 0.29) is 5.92 Å². The monoisotopic (exact) mass is 216 g/mol. The number of rotatable bonds is 2. The summed E-state index contributed by atoms with van der Waals surface area (Å²) >= 11 is 5.63. The molecule has 78 valence electrons. The van der Waals surface area contributed by atoms with Crippen molar-refractivity contribution in [1.82, 2.24) is 0 Å². The fraction of sp³-hybridized carbons (Fsp3) is 0.600. The highest BCUT2D eigenvalue weighted by Gasteiger charge is 2.25. The fourth-order valence-corrected chi connectivity index (χ4v) is 1.89. The van der Waals surface area contributed by atoms with Gasteiger partial charge in [0.05, 0.1) is 6.61 Å². The highest BCUT2D eigenvalue weighted by atomic mass is 35.5. The summed E-state index contributed by atoms with van der Waals surface area (Å²) in [6.07, 6.45) is 1.37. The first-order valence-electron chi connectivity index (χ1n) is 4.78. The van der Waals surface area contributed by atoms with Gasteiger partial charge in [-0.15, -0.1) is 0 Å². The number of furan rings is 1. The zero-order valence-electron chi connectivity index (χ0n) is 7.78. The van der Waals surface area contributed by atoms with Crippen molar-refractivity contribution < 1.29 is 14.3 Å². The zero-order valence-corrected chi connectivity index (χ0v) is 8.54. The van der Waals surface area contributed by atoms with Crippen molar-refractivity contribution in [3.63, 3.8) is 0 Å². The third-order valence-corrected chi connectivity index (χ3v) is 2.73. The Kier molecular flexibility index (Phi) is 3.11. The molecule has 1 aromatic heterocycles.